The molecule has 0 spiro atoms. The van der Waals surface area contributed by atoms with E-state index < -0.39 is 5.54 Å². The van der Waals surface area contributed by atoms with Crippen molar-refractivity contribution in [3.05, 3.63) is 64.7 Å². The van der Waals surface area contributed by atoms with E-state index in [2.05, 4.69) is 24.3 Å². The van der Waals surface area contributed by atoms with Crippen LogP contribution in [0.1, 0.15) is 34.3 Å². The van der Waals surface area contributed by atoms with E-state index in [-0.39, 0.29) is 11.8 Å². The van der Waals surface area contributed by atoms with E-state index in [9.17, 15) is 9.59 Å². The summed E-state index contributed by atoms with van der Waals surface area (Å²) in [7, 11) is 0. The highest BCUT2D eigenvalue weighted by Crippen LogP contribution is 2.34. The van der Waals surface area contributed by atoms with E-state index in [1.54, 1.807) is 9.80 Å². The first-order valence-electron chi connectivity index (χ1n) is 10.7. The van der Waals surface area contributed by atoms with Gasteiger partial charge in [0.2, 0.25) is 5.91 Å². The summed E-state index contributed by atoms with van der Waals surface area (Å²) in [5, 5.41) is 9.12. The number of carbonyl (C=O) groups is 2. The molecule has 3 aliphatic rings. The van der Waals surface area contributed by atoms with E-state index in [0.29, 0.717) is 38.2 Å². The van der Waals surface area contributed by atoms with Gasteiger partial charge in [-0.05, 0) is 59.4 Å². The van der Waals surface area contributed by atoms with Crippen molar-refractivity contribution in [2.45, 2.75) is 24.8 Å². The van der Waals surface area contributed by atoms with Crippen LogP contribution >= 0.6 is 0 Å². The first-order valence-corrected chi connectivity index (χ1v) is 10.7. The Bertz CT molecular complexity index is 1130. The van der Waals surface area contributed by atoms with Crippen molar-refractivity contribution in [2.24, 2.45) is 5.73 Å². The first-order chi connectivity index (χ1) is 15.0. The van der Waals surface area contributed by atoms with Gasteiger partial charge in [0.15, 0.2) is 0 Å². The van der Waals surface area contributed by atoms with Gasteiger partial charge < -0.3 is 15.5 Å². The smallest absolute Gasteiger partial charge is 0.253 e. The van der Waals surface area contributed by atoms with Gasteiger partial charge in [-0.3, -0.25) is 9.59 Å². The molecule has 1 aliphatic heterocycles. The molecule has 0 aromatic heterocycles. The lowest BCUT2D eigenvalue weighted by atomic mass is 9.99. The molecule has 0 bridgehead atoms. The Kier molecular flexibility index (Phi) is 4.64. The number of nitrogens with two attached hydrogens (primary N) is 1. The number of piperazine rings is 1. The van der Waals surface area contributed by atoms with Crippen LogP contribution in [0.25, 0.3) is 17.2 Å². The number of hydrogen-bond acceptors (Lipinski definition) is 4. The quantitative estimate of drug-likeness (QED) is 0.839. The highest BCUT2D eigenvalue weighted by molar-refractivity contribution is 5.95. The number of amides is 2. The Hall–Kier alpha value is -3.43. The number of nitriles is 1. The van der Waals surface area contributed by atoms with E-state index in [1.165, 1.54) is 5.56 Å². The molecule has 0 atom stereocenters. The molecule has 6 heteroatoms. The zero-order valence-electron chi connectivity index (χ0n) is 17.3. The number of allylic oxidation sites excluding steroid dienone is 1. The largest absolute Gasteiger partial charge is 0.338 e. The van der Waals surface area contributed by atoms with Crippen LogP contribution in [-0.2, 0) is 11.2 Å². The lowest BCUT2D eigenvalue weighted by molar-refractivity contribution is -0.135. The van der Waals surface area contributed by atoms with Crippen molar-refractivity contribution in [1.29, 1.82) is 5.26 Å². The SMILES string of the molecule is N#CC1=Cc2cc(-c3ccc(C(=O)N4CCN(C(=O)C5(N)CC5)CC4)cc3)ccc2C1. The van der Waals surface area contributed by atoms with Crippen LogP contribution in [0.3, 0.4) is 0 Å². The number of nitrogens with zero attached hydrogens (tertiary/aromatic N) is 3. The summed E-state index contributed by atoms with van der Waals surface area (Å²) in [4.78, 5) is 28.9. The van der Waals surface area contributed by atoms with E-state index >= 15 is 0 Å². The number of fused-ring (bicyclic) bond motifs is 1. The van der Waals surface area contributed by atoms with Gasteiger partial charge in [0.25, 0.3) is 5.91 Å². The number of benzene rings is 2. The summed E-state index contributed by atoms with van der Waals surface area (Å²) in [6.07, 6.45) is 4.16. The molecule has 156 valence electrons. The lowest BCUT2D eigenvalue weighted by Gasteiger charge is -2.36. The average molecular weight is 412 g/mol. The second kappa shape index (κ2) is 7.36. The molecular weight excluding hydrogens is 388 g/mol. The van der Waals surface area contributed by atoms with Crippen molar-refractivity contribution in [3.8, 4) is 17.2 Å². The van der Waals surface area contributed by atoms with Gasteiger partial charge >= 0.3 is 0 Å². The molecule has 1 saturated carbocycles. The van der Waals surface area contributed by atoms with Gasteiger partial charge in [0.05, 0.1) is 11.6 Å². The monoisotopic (exact) mass is 412 g/mol. The maximum atomic E-state index is 12.9. The zero-order chi connectivity index (χ0) is 21.6. The summed E-state index contributed by atoms with van der Waals surface area (Å²) in [6.45, 7) is 2.13. The van der Waals surface area contributed by atoms with Crippen LogP contribution in [-0.4, -0.2) is 53.3 Å². The van der Waals surface area contributed by atoms with Gasteiger partial charge in [-0.1, -0.05) is 24.3 Å². The number of rotatable bonds is 3. The van der Waals surface area contributed by atoms with Crippen LogP contribution in [0.2, 0.25) is 0 Å². The Morgan fingerprint density at radius 3 is 2.23 bits per heavy atom. The zero-order valence-corrected chi connectivity index (χ0v) is 17.3. The maximum absolute atomic E-state index is 12.9. The van der Waals surface area contributed by atoms with Gasteiger partial charge in [-0.15, -0.1) is 0 Å². The summed E-state index contributed by atoms with van der Waals surface area (Å²) >= 11 is 0. The minimum absolute atomic E-state index is 0.0110. The molecule has 2 aliphatic carbocycles. The lowest BCUT2D eigenvalue weighted by Crippen LogP contribution is -2.55. The molecule has 2 amide bonds. The predicted molar refractivity (Wildman–Crippen MR) is 118 cm³/mol. The molecule has 1 saturated heterocycles. The molecule has 5 rings (SSSR count). The third-order valence-corrected chi connectivity index (χ3v) is 6.53. The minimum Gasteiger partial charge on any atom is -0.338 e. The van der Waals surface area contributed by atoms with Crippen molar-refractivity contribution in [3.63, 3.8) is 0 Å². The van der Waals surface area contributed by atoms with Gasteiger partial charge in [0.1, 0.15) is 0 Å². The molecule has 31 heavy (non-hydrogen) atoms. The summed E-state index contributed by atoms with van der Waals surface area (Å²) in [5.41, 5.74) is 11.2. The molecule has 0 radical (unpaired) electrons. The molecule has 1 heterocycles. The fraction of sp³-hybridized carbons (Fsp3) is 0.320. The molecule has 2 aromatic rings. The first kappa shape index (κ1) is 19.5. The highest BCUT2D eigenvalue weighted by atomic mass is 16.2. The third kappa shape index (κ3) is 3.62. The summed E-state index contributed by atoms with van der Waals surface area (Å²) in [5.74, 6) is 0.0121. The Balaban J connectivity index is 1.25. The van der Waals surface area contributed by atoms with Crippen LogP contribution in [0.15, 0.2) is 48.0 Å². The fourth-order valence-corrected chi connectivity index (χ4v) is 4.35. The minimum atomic E-state index is -0.647. The normalized spacial score (nSPS) is 18.8. The number of hydrogen-bond donors (Lipinski definition) is 1. The van der Waals surface area contributed by atoms with Crippen LogP contribution in [0.5, 0.6) is 0 Å². The molecule has 2 N–H and O–H groups in total. The van der Waals surface area contributed by atoms with E-state index in [4.69, 9.17) is 11.0 Å². The Morgan fingerprint density at radius 1 is 0.935 bits per heavy atom. The van der Waals surface area contributed by atoms with Crippen LogP contribution < -0.4 is 5.73 Å². The highest BCUT2D eigenvalue weighted by Gasteiger charge is 2.48. The maximum Gasteiger partial charge on any atom is 0.253 e. The van der Waals surface area contributed by atoms with Crippen molar-refractivity contribution >= 4 is 17.9 Å². The van der Waals surface area contributed by atoms with Crippen molar-refractivity contribution in [1.82, 2.24) is 9.80 Å². The van der Waals surface area contributed by atoms with Gasteiger partial charge in [0, 0.05) is 43.7 Å². The molecule has 0 unspecified atom stereocenters. The van der Waals surface area contributed by atoms with Crippen LogP contribution in [0.4, 0.5) is 0 Å². The molecule has 2 aromatic carbocycles. The van der Waals surface area contributed by atoms with E-state index in [0.717, 1.165) is 35.1 Å². The summed E-state index contributed by atoms with van der Waals surface area (Å²) < 4.78 is 0. The standard InChI is InChI=1S/C25H24N4O2/c26-16-17-13-20-5-6-21(15-22(20)14-17)18-1-3-19(4-2-18)23(30)28-9-11-29(12-10-28)24(31)25(27)7-8-25/h1-6,14-15H,7-13,27H2. The van der Waals surface area contributed by atoms with Crippen molar-refractivity contribution < 1.29 is 9.59 Å². The fourth-order valence-electron chi connectivity index (χ4n) is 4.35. The Morgan fingerprint density at radius 2 is 1.58 bits per heavy atom. The third-order valence-electron chi connectivity index (χ3n) is 6.53. The average Bonchev–Trinajstić information content (AvgIpc) is 3.43. The summed E-state index contributed by atoms with van der Waals surface area (Å²) in [6, 6.07) is 16.1. The van der Waals surface area contributed by atoms with Crippen molar-refractivity contribution in [2.75, 3.05) is 26.2 Å². The topological polar surface area (TPSA) is 90.4 Å². The molecular formula is C25H24N4O2. The van der Waals surface area contributed by atoms with Gasteiger partial charge in [-0.25, -0.2) is 0 Å². The number of carbonyl (C=O) groups excluding carboxylic acids is 2. The Labute approximate surface area is 181 Å². The molecule has 6 nitrogen and oxygen atoms in total. The second-order valence-electron chi connectivity index (χ2n) is 8.69. The predicted octanol–water partition coefficient (Wildman–Crippen LogP) is 2.59. The van der Waals surface area contributed by atoms with Gasteiger partial charge in [-0.2, -0.15) is 5.26 Å². The van der Waals surface area contributed by atoms with E-state index in [1.807, 2.05) is 30.3 Å². The second-order valence-corrected chi connectivity index (χ2v) is 8.69. The van der Waals surface area contributed by atoms with Crippen LogP contribution in [0, 0.1) is 11.3 Å². The molecule has 2 fully saturated rings.